The van der Waals surface area contributed by atoms with Crippen LogP contribution in [0.2, 0.25) is 0 Å². The Labute approximate surface area is 241 Å². The third-order valence-electron chi connectivity index (χ3n) is 9.41. The van der Waals surface area contributed by atoms with Crippen LogP contribution in [0.15, 0.2) is 36.1 Å². The van der Waals surface area contributed by atoms with E-state index in [4.69, 9.17) is 28.4 Å². The van der Waals surface area contributed by atoms with Crippen LogP contribution in [0.3, 0.4) is 0 Å². The number of allylic oxidation sites excluding steroid dienone is 1. The minimum atomic E-state index is -1.44. The van der Waals surface area contributed by atoms with Crippen LogP contribution in [0.25, 0.3) is 0 Å². The fraction of sp³-hybridized carbons (Fsp3) is 0.625. The quantitative estimate of drug-likeness (QED) is 0.347. The second kappa shape index (κ2) is 10.7. The van der Waals surface area contributed by atoms with Crippen LogP contribution in [0, 0.1) is 0 Å². The zero-order valence-electron chi connectivity index (χ0n) is 24.5. The molecule has 6 rings (SSSR count). The van der Waals surface area contributed by atoms with Gasteiger partial charge in [-0.1, -0.05) is 12.2 Å². The van der Waals surface area contributed by atoms with Gasteiger partial charge < -0.3 is 28.4 Å². The van der Waals surface area contributed by atoms with Gasteiger partial charge in [0.1, 0.15) is 12.4 Å². The third-order valence-corrected chi connectivity index (χ3v) is 9.41. The summed E-state index contributed by atoms with van der Waals surface area (Å²) in [7, 11) is 1.63. The zero-order valence-corrected chi connectivity index (χ0v) is 24.5. The van der Waals surface area contributed by atoms with Gasteiger partial charge in [-0.2, -0.15) is 0 Å². The second-order valence-corrected chi connectivity index (χ2v) is 12.4. The average molecular weight is 568 g/mol. The number of esters is 2. The third kappa shape index (κ3) is 4.91. The summed E-state index contributed by atoms with van der Waals surface area (Å²) in [6.07, 6.45) is 9.58. The molecule has 41 heavy (non-hydrogen) atoms. The second-order valence-electron chi connectivity index (χ2n) is 12.4. The van der Waals surface area contributed by atoms with Crippen molar-refractivity contribution in [3.63, 3.8) is 0 Å². The van der Waals surface area contributed by atoms with E-state index in [-0.39, 0.29) is 31.3 Å². The van der Waals surface area contributed by atoms with Crippen molar-refractivity contribution in [2.75, 3.05) is 33.6 Å². The molecular formula is C32H41NO8. The molecule has 0 aromatic heterocycles. The Bertz CT molecular complexity index is 1270. The number of hydrogen-bond donors (Lipinski definition) is 0. The van der Waals surface area contributed by atoms with Crippen LogP contribution >= 0.6 is 0 Å². The summed E-state index contributed by atoms with van der Waals surface area (Å²) >= 11 is 0. The summed E-state index contributed by atoms with van der Waals surface area (Å²) in [5, 5.41) is 0. The van der Waals surface area contributed by atoms with Crippen LogP contribution in [0.4, 0.5) is 0 Å². The van der Waals surface area contributed by atoms with Crippen molar-refractivity contribution in [1.29, 1.82) is 0 Å². The van der Waals surface area contributed by atoms with E-state index >= 15 is 0 Å². The molecule has 4 aliphatic heterocycles. The van der Waals surface area contributed by atoms with Crippen LogP contribution in [-0.2, 0) is 35.0 Å². The van der Waals surface area contributed by atoms with Crippen molar-refractivity contribution in [1.82, 2.24) is 4.90 Å². The number of hydrogen-bond acceptors (Lipinski definition) is 9. The molecule has 9 heteroatoms. The molecule has 0 N–H and O–H groups in total. The Morgan fingerprint density at radius 2 is 1.90 bits per heavy atom. The van der Waals surface area contributed by atoms with E-state index in [1.807, 2.05) is 26.8 Å². The summed E-state index contributed by atoms with van der Waals surface area (Å²) in [6, 6.07) is 4.14. The fourth-order valence-electron chi connectivity index (χ4n) is 7.61. The Kier molecular flexibility index (Phi) is 7.30. The van der Waals surface area contributed by atoms with Crippen LogP contribution < -0.4 is 9.47 Å². The number of benzene rings is 1. The topological polar surface area (TPSA) is 92.8 Å². The Hall–Kier alpha value is -3.04. The molecule has 0 amide bonds. The van der Waals surface area contributed by atoms with Gasteiger partial charge in [-0.25, -0.2) is 4.79 Å². The molecule has 0 radical (unpaired) electrons. The largest absolute Gasteiger partial charge is 0.497 e. The minimum absolute atomic E-state index is 0.149. The summed E-state index contributed by atoms with van der Waals surface area (Å²) in [5.74, 6) is 0.846. The number of carbonyl (C=O) groups is 2. The van der Waals surface area contributed by atoms with E-state index in [2.05, 4.69) is 23.1 Å². The average Bonchev–Trinajstić information content (AvgIpc) is 3.62. The highest BCUT2D eigenvalue weighted by molar-refractivity contribution is 5.86. The first-order chi connectivity index (χ1) is 19.7. The Morgan fingerprint density at radius 3 is 2.66 bits per heavy atom. The van der Waals surface area contributed by atoms with Gasteiger partial charge in [0.2, 0.25) is 6.79 Å². The molecule has 222 valence electrons. The number of carbonyl (C=O) groups excluding carboxylic acids is 2. The van der Waals surface area contributed by atoms with Gasteiger partial charge >= 0.3 is 11.9 Å². The maximum atomic E-state index is 14.3. The molecule has 0 bridgehead atoms. The predicted molar refractivity (Wildman–Crippen MR) is 150 cm³/mol. The van der Waals surface area contributed by atoms with Crippen molar-refractivity contribution in [3.05, 3.63) is 47.2 Å². The molecule has 4 heterocycles. The summed E-state index contributed by atoms with van der Waals surface area (Å²) < 4.78 is 35.8. The molecule has 2 saturated heterocycles. The number of nitrogens with zero attached hydrogens (tertiary/aromatic N) is 1. The molecule has 2 fully saturated rings. The summed E-state index contributed by atoms with van der Waals surface area (Å²) in [5.41, 5.74) is -0.129. The van der Waals surface area contributed by atoms with Crippen molar-refractivity contribution in [2.45, 2.75) is 94.5 Å². The Balaban J connectivity index is 1.37. The smallest absolute Gasteiger partial charge is 0.339 e. The molecule has 4 atom stereocenters. The van der Waals surface area contributed by atoms with E-state index in [1.54, 1.807) is 13.2 Å². The predicted octanol–water partition coefficient (Wildman–Crippen LogP) is 4.57. The van der Waals surface area contributed by atoms with Crippen LogP contribution in [-0.4, -0.2) is 73.3 Å². The van der Waals surface area contributed by atoms with E-state index in [1.165, 1.54) is 0 Å². The molecule has 1 aromatic rings. The van der Waals surface area contributed by atoms with Crippen molar-refractivity contribution in [2.24, 2.45) is 0 Å². The lowest BCUT2D eigenvalue weighted by Crippen LogP contribution is -2.54. The molecule has 0 saturated carbocycles. The van der Waals surface area contributed by atoms with E-state index in [9.17, 15) is 9.59 Å². The van der Waals surface area contributed by atoms with Gasteiger partial charge in [-0.15, -0.1) is 0 Å². The van der Waals surface area contributed by atoms with Gasteiger partial charge in [-0.05, 0) is 95.2 Å². The van der Waals surface area contributed by atoms with Gasteiger partial charge in [-0.3, -0.25) is 9.69 Å². The summed E-state index contributed by atoms with van der Waals surface area (Å²) in [6.45, 7) is 7.95. The maximum Gasteiger partial charge on any atom is 0.339 e. The number of fused-ring (bicyclic) bond motifs is 3. The van der Waals surface area contributed by atoms with E-state index in [0.29, 0.717) is 17.9 Å². The highest BCUT2D eigenvalue weighted by Crippen LogP contribution is 2.56. The monoisotopic (exact) mass is 567 g/mol. The number of rotatable bonds is 7. The first kappa shape index (κ1) is 28.1. The van der Waals surface area contributed by atoms with Crippen LogP contribution in [0.1, 0.15) is 76.3 Å². The SMILES string of the molecule is C/C=C/COC(=O)C[C@]1(C(=O)OC2C(OC)=C[C@@]34CCCN3CCc3cc5c(cc3C24)OCO5)CCCC(C)(C)O1. The first-order valence-corrected chi connectivity index (χ1v) is 14.8. The summed E-state index contributed by atoms with van der Waals surface area (Å²) in [4.78, 5) is 29.8. The van der Waals surface area contributed by atoms with E-state index < -0.39 is 29.2 Å². The number of ether oxygens (including phenoxy) is 6. The van der Waals surface area contributed by atoms with Gasteiger partial charge in [0, 0.05) is 6.54 Å². The molecule has 1 aliphatic carbocycles. The van der Waals surface area contributed by atoms with Crippen molar-refractivity contribution in [3.8, 4) is 11.5 Å². The van der Waals surface area contributed by atoms with Crippen LogP contribution in [0.5, 0.6) is 11.5 Å². The molecule has 1 aromatic carbocycles. The van der Waals surface area contributed by atoms with Gasteiger partial charge in [0.15, 0.2) is 23.2 Å². The van der Waals surface area contributed by atoms with Gasteiger partial charge in [0.25, 0.3) is 0 Å². The van der Waals surface area contributed by atoms with Crippen molar-refractivity contribution >= 4 is 11.9 Å². The highest BCUT2D eigenvalue weighted by atomic mass is 16.7. The minimum Gasteiger partial charge on any atom is -0.497 e. The standard InChI is InChI=1S/C32H41NO8/c1-5-6-15-37-26(34)19-32(12-7-10-30(2,3)41-32)29(35)40-28-25(36-4)18-31-11-8-13-33(31)14-9-21-16-23-24(39-20-38-23)17-22(21)27(28)31/h5-6,16-18,27-28H,7-15,19-20H2,1-4H3/b6-5+/t27?,28?,31-,32+/m1/s1. The van der Waals surface area contributed by atoms with Crippen molar-refractivity contribution < 1.29 is 38.0 Å². The lowest BCUT2D eigenvalue weighted by atomic mass is 9.77. The molecule has 1 spiro atoms. The highest BCUT2D eigenvalue weighted by Gasteiger charge is 2.60. The lowest BCUT2D eigenvalue weighted by molar-refractivity contribution is -0.216. The maximum absolute atomic E-state index is 14.3. The number of methoxy groups -OCH3 is 1. The Morgan fingerprint density at radius 1 is 1.10 bits per heavy atom. The molecule has 5 aliphatic rings. The lowest BCUT2D eigenvalue weighted by Gasteiger charge is -2.44. The first-order valence-electron chi connectivity index (χ1n) is 14.8. The fourth-order valence-corrected chi connectivity index (χ4v) is 7.61. The molecule has 9 nitrogen and oxygen atoms in total. The normalized spacial score (nSPS) is 31.6. The van der Waals surface area contributed by atoms with E-state index in [0.717, 1.165) is 62.1 Å². The zero-order chi connectivity index (χ0) is 28.8. The molecular weight excluding hydrogens is 526 g/mol. The molecule has 2 unspecified atom stereocenters. The van der Waals surface area contributed by atoms with Gasteiger partial charge in [0.05, 0.1) is 30.6 Å².